The van der Waals surface area contributed by atoms with E-state index in [4.69, 9.17) is 11.6 Å². The van der Waals surface area contributed by atoms with Crippen LogP contribution in [-0.4, -0.2) is 4.98 Å². The molecule has 1 N–H and O–H groups in total. The van der Waals surface area contributed by atoms with E-state index in [1.165, 1.54) is 23.5 Å². The Kier molecular flexibility index (Phi) is 3.67. The lowest BCUT2D eigenvalue weighted by Gasteiger charge is -2.07. The third kappa shape index (κ3) is 2.66. The van der Waals surface area contributed by atoms with Crippen molar-refractivity contribution < 1.29 is 4.39 Å². The Morgan fingerprint density at radius 2 is 2.10 bits per heavy atom. The van der Waals surface area contributed by atoms with Crippen molar-refractivity contribution in [3.8, 4) is 0 Å². The quantitative estimate of drug-likeness (QED) is 0.606. The first kappa shape index (κ1) is 13.8. The molecule has 2 aromatic carbocycles. The summed E-state index contributed by atoms with van der Waals surface area (Å²) in [6.07, 6.45) is 0. The van der Waals surface area contributed by atoms with Gasteiger partial charge in [0.2, 0.25) is 0 Å². The van der Waals surface area contributed by atoms with E-state index in [0.717, 1.165) is 20.4 Å². The zero-order valence-corrected chi connectivity index (χ0v) is 13.5. The summed E-state index contributed by atoms with van der Waals surface area (Å²) in [4.78, 5) is 4.37. The van der Waals surface area contributed by atoms with Gasteiger partial charge in [-0.2, -0.15) is 0 Å². The van der Waals surface area contributed by atoms with Crippen LogP contribution in [0.1, 0.15) is 5.56 Å². The normalized spacial score (nSPS) is 11.0. The van der Waals surface area contributed by atoms with Gasteiger partial charge in [-0.3, -0.25) is 0 Å². The van der Waals surface area contributed by atoms with Crippen molar-refractivity contribution in [2.75, 3.05) is 5.32 Å². The van der Waals surface area contributed by atoms with Crippen molar-refractivity contribution in [1.82, 2.24) is 4.98 Å². The molecule has 0 radical (unpaired) electrons. The fraction of sp³-hybridized carbons (Fsp3) is 0.0714. The number of benzene rings is 2. The molecule has 2 nitrogen and oxygen atoms in total. The van der Waals surface area contributed by atoms with Gasteiger partial charge in [0.15, 0.2) is 5.13 Å². The number of rotatable bonds is 2. The Morgan fingerprint density at radius 3 is 2.90 bits per heavy atom. The van der Waals surface area contributed by atoms with Gasteiger partial charge >= 0.3 is 0 Å². The number of hydrogen-bond donors (Lipinski definition) is 1. The Bertz CT molecular complexity index is 803. The predicted octanol–water partition coefficient (Wildman–Crippen LogP) is 5.90. The number of thiazole rings is 1. The fourth-order valence-corrected chi connectivity index (χ4v) is 3.39. The van der Waals surface area contributed by atoms with Crippen LogP contribution >= 0.6 is 38.9 Å². The Balaban J connectivity index is 1.99. The second-order valence-electron chi connectivity index (χ2n) is 4.34. The van der Waals surface area contributed by atoms with E-state index >= 15 is 0 Å². The number of halogens is 3. The molecule has 0 aliphatic carbocycles. The summed E-state index contributed by atoms with van der Waals surface area (Å²) in [5, 5.41) is 4.59. The maximum absolute atomic E-state index is 13.2. The summed E-state index contributed by atoms with van der Waals surface area (Å²) >= 11 is 11.1. The number of aromatic nitrogens is 1. The Morgan fingerprint density at radius 1 is 1.30 bits per heavy atom. The fourth-order valence-electron chi connectivity index (χ4n) is 1.81. The molecule has 0 aliphatic rings. The predicted molar refractivity (Wildman–Crippen MR) is 86.7 cm³/mol. The highest BCUT2D eigenvalue weighted by Gasteiger charge is 2.09. The molecule has 0 spiro atoms. The molecule has 0 unspecified atom stereocenters. The summed E-state index contributed by atoms with van der Waals surface area (Å²) in [5.41, 5.74) is 2.47. The van der Waals surface area contributed by atoms with Crippen LogP contribution in [0.3, 0.4) is 0 Å². The number of nitrogens with zero attached hydrogens (tertiary/aromatic N) is 1. The Labute approximate surface area is 132 Å². The van der Waals surface area contributed by atoms with E-state index < -0.39 is 0 Å². The van der Waals surface area contributed by atoms with Crippen LogP contribution in [0, 0.1) is 12.7 Å². The standard InChI is InChI=1S/C14H9BrClFN2S/c1-7-4-9(15)11(6-10(7)16)18-14-19-12-5-8(17)2-3-13(12)20-14/h2-6H,1H3,(H,18,19). The monoisotopic (exact) mass is 370 g/mol. The zero-order valence-electron chi connectivity index (χ0n) is 10.4. The third-order valence-electron chi connectivity index (χ3n) is 2.84. The molecular formula is C14H9BrClFN2S. The van der Waals surface area contributed by atoms with Gasteiger partial charge in [-0.1, -0.05) is 22.9 Å². The first-order valence-electron chi connectivity index (χ1n) is 5.82. The lowest BCUT2D eigenvalue weighted by molar-refractivity contribution is 0.629. The highest BCUT2D eigenvalue weighted by molar-refractivity contribution is 9.10. The minimum Gasteiger partial charge on any atom is -0.331 e. The summed E-state index contributed by atoms with van der Waals surface area (Å²) < 4.78 is 15.0. The van der Waals surface area contributed by atoms with Crippen molar-refractivity contribution >= 4 is 59.9 Å². The van der Waals surface area contributed by atoms with Crippen LogP contribution in [0.5, 0.6) is 0 Å². The van der Waals surface area contributed by atoms with Crippen LogP contribution in [0.4, 0.5) is 15.2 Å². The number of nitrogens with one attached hydrogen (secondary N) is 1. The molecule has 20 heavy (non-hydrogen) atoms. The molecule has 0 aliphatic heterocycles. The number of aryl methyl sites for hydroxylation is 1. The highest BCUT2D eigenvalue weighted by Crippen LogP contribution is 2.34. The minimum atomic E-state index is -0.283. The molecule has 0 saturated heterocycles. The van der Waals surface area contributed by atoms with Crippen LogP contribution in [0.2, 0.25) is 5.02 Å². The molecule has 0 amide bonds. The van der Waals surface area contributed by atoms with E-state index in [1.54, 1.807) is 6.07 Å². The second kappa shape index (κ2) is 5.31. The van der Waals surface area contributed by atoms with E-state index in [9.17, 15) is 4.39 Å². The van der Waals surface area contributed by atoms with Crippen molar-refractivity contribution in [3.63, 3.8) is 0 Å². The average molecular weight is 372 g/mol. The first-order chi connectivity index (χ1) is 9.52. The molecule has 3 aromatic rings. The van der Waals surface area contributed by atoms with Gasteiger partial charge in [0.05, 0.1) is 15.9 Å². The largest absolute Gasteiger partial charge is 0.331 e. The van der Waals surface area contributed by atoms with Gasteiger partial charge < -0.3 is 5.32 Å². The third-order valence-corrected chi connectivity index (χ3v) is 4.85. The van der Waals surface area contributed by atoms with Gasteiger partial charge in [-0.25, -0.2) is 9.37 Å². The Hall–Kier alpha value is -1.17. The second-order valence-corrected chi connectivity index (χ2v) is 6.63. The number of hydrogen-bond acceptors (Lipinski definition) is 3. The summed E-state index contributed by atoms with van der Waals surface area (Å²) in [7, 11) is 0. The molecule has 6 heteroatoms. The van der Waals surface area contributed by atoms with Gasteiger partial charge in [0.1, 0.15) is 5.82 Å². The molecule has 1 aromatic heterocycles. The molecule has 0 bridgehead atoms. The van der Waals surface area contributed by atoms with Gasteiger partial charge in [0, 0.05) is 15.6 Å². The zero-order chi connectivity index (χ0) is 14.3. The lowest BCUT2D eigenvalue weighted by Crippen LogP contribution is -1.91. The molecule has 1 heterocycles. The number of fused-ring (bicyclic) bond motifs is 1. The van der Waals surface area contributed by atoms with Gasteiger partial charge in [-0.05, 0) is 52.7 Å². The van der Waals surface area contributed by atoms with Crippen LogP contribution in [0.25, 0.3) is 10.2 Å². The highest BCUT2D eigenvalue weighted by atomic mass is 79.9. The average Bonchev–Trinajstić information content (AvgIpc) is 2.77. The molecule has 0 saturated carbocycles. The SMILES string of the molecule is Cc1cc(Br)c(Nc2nc3cc(F)ccc3s2)cc1Cl. The van der Waals surface area contributed by atoms with E-state index in [-0.39, 0.29) is 5.82 Å². The maximum atomic E-state index is 13.2. The molecule has 3 rings (SSSR count). The van der Waals surface area contributed by atoms with Crippen LogP contribution in [0.15, 0.2) is 34.8 Å². The van der Waals surface area contributed by atoms with Crippen molar-refractivity contribution in [2.24, 2.45) is 0 Å². The van der Waals surface area contributed by atoms with E-state index in [2.05, 4.69) is 26.2 Å². The number of anilines is 2. The van der Waals surface area contributed by atoms with Crippen LogP contribution < -0.4 is 5.32 Å². The minimum absolute atomic E-state index is 0.283. The van der Waals surface area contributed by atoms with Crippen molar-refractivity contribution in [3.05, 3.63) is 51.2 Å². The maximum Gasteiger partial charge on any atom is 0.188 e. The molecular weight excluding hydrogens is 363 g/mol. The smallest absolute Gasteiger partial charge is 0.188 e. The van der Waals surface area contributed by atoms with Crippen molar-refractivity contribution in [1.29, 1.82) is 0 Å². The first-order valence-corrected chi connectivity index (χ1v) is 7.80. The molecule has 0 atom stereocenters. The van der Waals surface area contributed by atoms with Gasteiger partial charge in [-0.15, -0.1) is 0 Å². The van der Waals surface area contributed by atoms with E-state index in [1.807, 2.05) is 19.1 Å². The molecule has 102 valence electrons. The van der Waals surface area contributed by atoms with E-state index in [0.29, 0.717) is 15.7 Å². The van der Waals surface area contributed by atoms with Crippen molar-refractivity contribution in [2.45, 2.75) is 6.92 Å². The summed E-state index contributed by atoms with van der Waals surface area (Å²) in [5.74, 6) is -0.283. The molecule has 0 fully saturated rings. The van der Waals surface area contributed by atoms with Crippen LogP contribution in [-0.2, 0) is 0 Å². The van der Waals surface area contributed by atoms with Gasteiger partial charge in [0.25, 0.3) is 0 Å². The lowest BCUT2D eigenvalue weighted by atomic mass is 10.2. The summed E-state index contributed by atoms with van der Waals surface area (Å²) in [6, 6.07) is 8.37. The summed E-state index contributed by atoms with van der Waals surface area (Å²) in [6.45, 7) is 1.94. The topological polar surface area (TPSA) is 24.9 Å².